The number of rotatable bonds is 4. The van der Waals surface area contributed by atoms with Crippen LogP contribution in [0.4, 0.5) is 15.9 Å². The molecule has 96 valence electrons. The van der Waals surface area contributed by atoms with E-state index in [0.717, 1.165) is 6.07 Å². The van der Waals surface area contributed by atoms with E-state index in [-0.39, 0.29) is 11.3 Å². The lowest BCUT2D eigenvalue weighted by Crippen LogP contribution is -2.05. The van der Waals surface area contributed by atoms with Crippen LogP contribution in [0.25, 0.3) is 0 Å². The Morgan fingerprint density at radius 1 is 1.16 bits per heavy atom. The lowest BCUT2D eigenvalue weighted by molar-refractivity contribution is -0.385. The van der Waals surface area contributed by atoms with Crippen molar-refractivity contribution in [2.75, 3.05) is 5.54 Å². The van der Waals surface area contributed by atoms with E-state index in [1.165, 1.54) is 17.7 Å². The van der Waals surface area contributed by atoms with E-state index in [9.17, 15) is 19.4 Å². The molecule has 0 amide bonds. The highest BCUT2D eigenvalue weighted by Gasteiger charge is 2.21. The third-order valence-electron chi connectivity index (χ3n) is 2.58. The van der Waals surface area contributed by atoms with Gasteiger partial charge in [-0.3, -0.25) is 14.9 Å². The zero-order valence-corrected chi connectivity index (χ0v) is 9.67. The predicted molar refractivity (Wildman–Crippen MR) is 67.7 cm³/mol. The number of benzene rings is 2. The third kappa shape index (κ3) is 2.57. The minimum atomic E-state index is -0.711. The number of hydrogen-bond acceptors (Lipinski definition) is 4. The SMILES string of the molecule is O=C(c1ccccc1)c1ccc(NF)cc1[N+](=O)[O-]. The highest BCUT2D eigenvalue weighted by Crippen LogP contribution is 2.25. The van der Waals surface area contributed by atoms with Crippen LogP contribution in [0, 0.1) is 10.1 Å². The molecule has 0 fully saturated rings. The van der Waals surface area contributed by atoms with Gasteiger partial charge in [0.15, 0.2) is 5.78 Å². The van der Waals surface area contributed by atoms with Gasteiger partial charge in [-0.15, -0.1) is 4.48 Å². The normalized spacial score (nSPS) is 9.95. The zero-order valence-electron chi connectivity index (χ0n) is 9.67. The van der Waals surface area contributed by atoms with Gasteiger partial charge in [0.1, 0.15) is 5.56 Å². The van der Waals surface area contributed by atoms with Gasteiger partial charge >= 0.3 is 0 Å². The highest BCUT2D eigenvalue weighted by atomic mass is 19.2. The van der Waals surface area contributed by atoms with Gasteiger partial charge in [-0.1, -0.05) is 30.3 Å². The summed E-state index contributed by atoms with van der Waals surface area (Å²) in [6.45, 7) is 0. The number of halogens is 1. The summed E-state index contributed by atoms with van der Waals surface area (Å²) in [5.41, 5.74) is 1.07. The van der Waals surface area contributed by atoms with Gasteiger partial charge in [0.05, 0.1) is 10.6 Å². The molecule has 0 radical (unpaired) electrons. The summed E-state index contributed by atoms with van der Waals surface area (Å²) in [6, 6.07) is 11.7. The molecule has 19 heavy (non-hydrogen) atoms. The summed E-state index contributed by atoms with van der Waals surface area (Å²) in [4.78, 5) is 22.4. The average Bonchev–Trinajstić information content (AvgIpc) is 2.46. The van der Waals surface area contributed by atoms with Crippen molar-refractivity contribution in [3.63, 3.8) is 0 Å². The van der Waals surface area contributed by atoms with Crippen LogP contribution in [0.5, 0.6) is 0 Å². The number of carbonyl (C=O) groups is 1. The molecule has 1 N–H and O–H groups in total. The molecule has 2 rings (SSSR count). The van der Waals surface area contributed by atoms with Crippen molar-refractivity contribution in [1.82, 2.24) is 0 Å². The maximum Gasteiger partial charge on any atom is 0.282 e. The Hall–Kier alpha value is -2.76. The highest BCUT2D eigenvalue weighted by molar-refractivity contribution is 6.11. The predicted octanol–water partition coefficient (Wildman–Crippen LogP) is 3.12. The van der Waals surface area contributed by atoms with Crippen molar-refractivity contribution >= 4 is 17.2 Å². The van der Waals surface area contributed by atoms with Gasteiger partial charge in [0, 0.05) is 11.6 Å². The molecule has 2 aromatic carbocycles. The summed E-state index contributed by atoms with van der Waals surface area (Å²) in [6.07, 6.45) is 0. The van der Waals surface area contributed by atoms with Gasteiger partial charge < -0.3 is 0 Å². The minimum Gasteiger partial charge on any atom is -0.288 e. The molecule has 0 atom stereocenters. The number of carbonyl (C=O) groups excluding carboxylic acids is 1. The van der Waals surface area contributed by atoms with Crippen LogP contribution in [0.3, 0.4) is 0 Å². The molecular formula is C13H9FN2O3. The monoisotopic (exact) mass is 260 g/mol. The molecule has 0 aromatic heterocycles. The second-order valence-electron chi connectivity index (χ2n) is 3.78. The van der Waals surface area contributed by atoms with Crippen LogP contribution in [0.15, 0.2) is 48.5 Å². The van der Waals surface area contributed by atoms with Crippen molar-refractivity contribution in [3.05, 3.63) is 69.8 Å². The van der Waals surface area contributed by atoms with Crippen molar-refractivity contribution in [3.8, 4) is 0 Å². The summed E-state index contributed by atoms with van der Waals surface area (Å²) >= 11 is 0. The first kappa shape index (κ1) is 12.7. The van der Waals surface area contributed by atoms with Crippen molar-refractivity contribution < 1.29 is 14.2 Å². The molecule has 0 saturated heterocycles. The van der Waals surface area contributed by atoms with E-state index in [1.807, 2.05) is 0 Å². The minimum absolute atomic E-state index is 0.0729. The second-order valence-corrected chi connectivity index (χ2v) is 3.78. The van der Waals surface area contributed by atoms with Gasteiger partial charge in [-0.25, -0.2) is 5.54 Å². The van der Waals surface area contributed by atoms with E-state index < -0.39 is 16.4 Å². The first-order valence-electron chi connectivity index (χ1n) is 5.38. The van der Waals surface area contributed by atoms with E-state index in [0.29, 0.717) is 5.56 Å². The van der Waals surface area contributed by atoms with E-state index in [2.05, 4.69) is 0 Å². The number of anilines is 1. The van der Waals surface area contributed by atoms with E-state index >= 15 is 0 Å². The molecule has 0 aliphatic carbocycles. The van der Waals surface area contributed by atoms with Crippen molar-refractivity contribution in [2.45, 2.75) is 0 Å². The zero-order chi connectivity index (χ0) is 13.8. The molecule has 0 saturated carbocycles. The standard InChI is InChI=1S/C13H9FN2O3/c14-15-10-6-7-11(12(8-10)16(18)19)13(17)9-4-2-1-3-5-9/h1-8,15H. The fraction of sp³-hybridized carbons (Fsp3) is 0. The fourth-order valence-electron chi connectivity index (χ4n) is 1.68. The average molecular weight is 260 g/mol. The molecular weight excluding hydrogens is 251 g/mol. The van der Waals surface area contributed by atoms with E-state index in [4.69, 9.17) is 0 Å². The second kappa shape index (κ2) is 5.26. The van der Waals surface area contributed by atoms with Crippen LogP contribution in [-0.4, -0.2) is 10.7 Å². The fourth-order valence-corrected chi connectivity index (χ4v) is 1.68. The lowest BCUT2D eigenvalue weighted by atomic mass is 10.0. The Morgan fingerprint density at radius 2 is 1.84 bits per heavy atom. The summed E-state index contributed by atoms with van der Waals surface area (Å²) in [5.74, 6) is -0.474. The molecule has 0 heterocycles. The van der Waals surface area contributed by atoms with Gasteiger partial charge in [0.2, 0.25) is 0 Å². The van der Waals surface area contributed by atoms with E-state index in [1.54, 1.807) is 30.3 Å². The number of nitrogens with zero attached hydrogens (tertiary/aromatic N) is 1. The van der Waals surface area contributed by atoms with Gasteiger partial charge in [0.25, 0.3) is 5.69 Å². The topological polar surface area (TPSA) is 72.2 Å². The molecule has 0 spiro atoms. The van der Waals surface area contributed by atoms with Gasteiger partial charge in [-0.2, -0.15) is 0 Å². The van der Waals surface area contributed by atoms with Crippen LogP contribution in [0.1, 0.15) is 15.9 Å². The Bertz CT molecular complexity index is 629. The van der Waals surface area contributed by atoms with Crippen LogP contribution in [0.2, 0.25) is 0 Å². The Labute approximate surface area is 107 Å². The Morgan fingerprint density at radius 3 is 2.42 bits per heavy atom. The maximum atomic E-state index is 12.3. The first-order valence-corrected chi connectivity index (χ1v) is 5.38. The number of nitro groups is 1. The lowest BCUT2D eigenvalue weighted by Gasteiger charge is -2.04. The summed E-state index contributed by atoms with van der Waals surface area (Å²) in [7, 11) is 0. The van der Waals surface area contributed by atoms with Crippen molar-refractivity contribution in [2.24, 2.45) is 0 Å². The first-order chi connectivity index (χ1) is 9.13. The third-order valence-corrected chi connectivity index (χ3v) is 2.58. The number of hydrogen-bond donors (Lipinski definition) is 1. The molecule has 0 aliphatic heterocycles. The summed E-state index contributed by atoms with van der Waals surface area (Å²) in [5, 5.41) is 10.9. The number of ketones is 1. The Balaban J connectivity index is 2.50. The molecule has 0 bridgehead atoms. The molecule has 5 nitrogen and oxygen atoms in total. The van der Waals surface area contributed by atoms with Crippen molar-refractivity contribution in [1.29, 1.82) is 0 Å². The molecule has 0 aliphatic rings. The van der Waals surface area contributed by atoms with Crippen LogP contribution < -0.4 is 5.54 Å². The van der Waals surface area contributed by atoms with Crippen LogP contribution in [-0.2, 0) is 0 Å². The summed E-state index contributed by atoms with van der Waals surface area (Å²) < 4.78 is 12.3. The molecule has 0 unspecified atom stereocenters. The number of nitro benzene ring substituents is 1. The molecule has 2 aromatic rings. The molecule has 6 heteroatoms. The number of nitrogens with one attached hydrogen (secondary N) is 1. The Kier molecular flexibility index (Phi) is 3.51. The smallest absolute Gasteiger partial charge is 0.282 e. The van der Waals surface area contributed by atoms with Gasteiger partial charge in [-0.05, 0) is 12.1 Å². The quantitative estimate of drug-likeness (QED) is 0.397. The van der Waals surface area contributed by atoms with Crippen LogP contribution >= 0.6 is 0 Å². The largest absolute Gasteiger partial charge is 0.288 e. The maximum absolute atomic E-state index is 12.3.